The summed E-state index contributed by atoms with van der Waals surface area (Å²) in [6.07, 6.45) is 4.51. The lowest BCUT2D eigenvalue weighted by molar-refractivity contribution is 0.475. The summed E-state index contributed by atoms with van der Waals surface area (Å²) >= 11 is 0. The van der Waals surface area contributed by atoms with Gasteiger partial charge in [-0.3, -0.25) is 0 Å². The number of rotatable bonds is 3. The SMILES string of the molecule is CC/C(C#N)=C\C=C(/C)c1ccc(O)cc1. The van der Waals surface area contributed by atoms with Crippen molar-refractivity contribution in [3.63, 3.8) is 0 Å². The summed E-state index contributed by atoms with van der Waals surface area (Å²) in [4.78, 5) is 0. The Morgan fingerprint density at radius 2 is 1.94 bits per heavy atom. The number of hydrogen-bond donors (Lipinski definition) is 1. The highest BCUT2D eigenvalue weighted by Gasteiger charge is 1.95. The molecule has 1 aromatic carbocycles. The highest BCUT2D eigenvalue weighted by atomic mass is 16.3. The molecule has 0 fully saturated rings. The number of nitrogens with zero attached hydrogens (tertiary/aromatic N) is 1. The zero-order valence-electron chi connectivity index (χ0n) is 9.57. The fraction of sp³-hybridized carbons (Fsp3) is 0.214. The summed E-state index contributed by atoms with van der Waals surface area (Å²) in [6.45, 7) is 3.94. The predicted octanol–water partition coefficient (Wildman–Crippen LogP) is 3.66. The van der Waals surface area contributed by atoms with E-state index in [2.05, 4.69) is 6.07 Å². The Morgan fingerprint density at radius 1 is 1.31 bits per heavy atom. The molecule has 1 aromatic rings. The highest BCUT2D eigenvalue weighted by molar-refractivity contribution is 5.66. The number of aromatic hydroxyl groups is 1. The molecule has 2 heteroatoms. The minimum Gasteiger partial charge on any atom is -0.508 e. The third kappa shape index (κ3) is 3.29. The zero-order valence-corrected chi connectivity index (χ0v) is 9.57. The maximum atomic E-state index is 9.16. The largest absolute Gasteiger partial charge is 0.508 e. The lowest BCUT2D eigenvalue weighted by atomic mass is 10.1. The van der Waals surface area contributed by atoms with Gasteiger partial charge in [0.2, 0.25) is 0 Å². The number of benzene rings is 1. The van der Waals surface area contributed by atoms with Gasteiger partial charge in [0, 0.05) is 5.57 Å². The van der Waals surface area contributed by atoms with E-state index >= 15 is 0 Å². The Balaban J connectivity index is 2.90. The van der Waals surface area contributed by atoms with Gasteiger partial charge in [-0.15, -0.1) is 0 Å². The van der Waals surface area contributed by atoms with Gasteiger partial charge in [-0.05, 0) is 42.7 Å². The standard InChI is InChI=1S/C14H15NO/c1-3-12(10-15)5-4-11(2)13-6-8-14(16)9-7-13/h4-9,16H,3H2,1-2H3/b11-4+,12-5+. The van der Waals surface area contributed by atoms with Crippen molar-refractivity contribution in [2.45, 2.75) is 20.3 Å². The molecule has 0 bridgehead atoms. The van der Waals surface area contributed by atoms with Crippen LogP contribution in [0.25, 0.3) is 5.57 Å². The molecule has 1 N–H and O–H groups in total. The van der Waals surface area contributed by atoms with Crippen molar-refractivity contribution in [2.75, 3.05) is 0 Å². The van der Waals surface area contributed by atoms with E-state index in [-0.39, 0.29) is 5.75 Å². The summed E-state index contributed by atoms with van der Waals surface area (Å²) in [6, 6.07) is 9.16. The summed E-state index contributed by atoms with van der Waals surface area (Å²) < 4.78 is 0. The second-order valence-electron chi connectivity index (χ2n) is 3.55. The molecule has 1 rings (SSSR count). The van der Waals surface area contributed by atoms with E-state index in [0.29, 0.717) is 0 Å². The number of nitriles is 1. The number of phenolic OH excluding ortho intramolecular Hbond substituents is 1. The first-order chi connectivity index (χ1) is 7.67. The number of phenols is 1. The molecule has 0 aliphatic carbocycles. The first-order valence-electron chi connectivity index (χ1n) is 5.24. The van der Waals surface area contributed by atoms with E-state index in [4.69, 9.17) is 10.4 Å². The van der Waals surface area contributed by atoms with Crippen molar-refractivity contribution in [3.05, 3.63) is 47.6 Å². The molecule has 82 valence electrons. The van der Waals surface area contributed by atoms with Crippen LogP contribution in [-0.4, -0.2) is 5.11 Å². The van der Waals surface area contributed by atoms with Crippen molar-refractivity contribution >= 4 is 5.57 Å². The zero-order chi connectivity index (χ0) is 12.0. The number of hydrogen-bond acceptors (Lipinski definition) is 2. The van der Waals surface area contributed by atoms with Crippen LogP contribution in [0.2, 0.25) is 0 Å². The normalized spacial score (nSPS) is 12.3. The molecule has 0 spiro atoms. The van der Waals surface area contributed by atoms with E-state index in [1.807, 2.05) is 38.1 Å². The van der Waals surface area contributed by atoms with Crippen LogP contribution in [0.15, 0.2) is 42.0 Å². The second kappa shape index (κ2) is 5.77. The van der Waals surface area contributed by atoms with E-state index in [0.717, 1.165) is 23.1 Å². The number of allylic oxidation sites excluding steroid dienone is 4. The van der Waals surface area contributed by atoms with Crippen molar-refractivity contribution in [1.82, 2.24) is 0 Å². The molecule has 0 heterocycles. The molecular weight excluding hydrogens is 198 g/mol. The van der Waals surface area contributed by atoms with Gasteiger partial charge in [0.05, 0.1) is 6.07 Å². The van der Waals surface area contributed by atoms with Crippen molar-refractivity contribution in [1.29, 1.82) is 5.26 Å². The lowest BCUT2D eigenvalue weighted by Crippen LogP contribution is -1.79. The Morgan fingerprint density at radius 3 is 2.44 bits per heavy atom. The summed E-state index contributed by atoms with van der Waals surface area (Å²) in [5.41, 5.74) is 2.88. The van der Waals surface area contributed by atoms with Crippen LogP contribution in [0.1, 0.15) is 25.8 Å². The van der Waals surface area contributed by atoms with Gasteiger partial charge in [-0.1, -0.05) is 25.1 Å². The topological polar surface area (TPSA) is 44.0 Å². The van der Waals surface area contributed by atoms with E-state index in [1.54, 1.807) is 12.1 Å². The molecule has 0 aliphatic rings. The minimum absolute atomic E-state index is 0.262. The third-order valence-electron chi connectivity index (χ3n) is 2.38. The van der Waals surface area contributed by atoms with Crippen molar-refractivity contribution < 1.29 is 5.11 Å². The Bertz CT molecular complexity index is 447. The van der Waals surface area contributed by atoms with Gasteiger partial charge in [-0.2, -0.15) is 5.26 Å². The summed E-state index contributed by atoms with van der Waals surface area (Å²) in [7, 11) is 0. The van der Waals surface area contributed by atoms with Gasteiger partial charge in [0.25, 0.3) is 0 Å². The van der Waals surface area contributed by atoms with Crippen molar-refractivity contribution in [2.24, 2.45) is 0 Å². The first-order valence-corrected chi connectivity index (χ1v) is 5.24. The van der Waals surface area contributed by atoms with Crippen LogP contribution in [0, 0.1) is 11.3 Å². The third-order valence-corrected chi connectivity index (χ3v) is 2.38. The molecule has 16 heavy (non-hydrogen) atoms. The minimum atomic E-state index is 0.262. The fourth-order valence-electron chi connectivity index (χ4n) is 1.28. The van der Waals surface area contributed by atoms with Gasteiger partial charge >= 0.3 is 0 Å². The maximum absolute atomic E-state index is 9.16. The van der Waals surface area contributed by atoms with Crippen LogP contribution >= 0.6 is 0 Å². The Labute approximate surface area is 96.2 Å². The van der Waals surface area contributed by atoms with Gasteiger partial charge in [0.15, 0.2) is 0 Å². The average Bonchev–Trinajstić information content (AvgIpc) is 2.31. The van der Waals surface area contributed by atoms with Gasteiger partial charge in [-0.25, -0.2) is 0 Å². The molecule has 0 atom stereocenters. The van der Waals surface area contributed by atoms with E-state index < -0.39 is 0 Å². The van der Waals surface area contributed by atoms with Crippen LogP contribution in [0.5, 0.6) is 5.75 Å². The maximum Gasteiger partial charge on any atom is 0.115 e. The van der Waals surface area contributed by atoms with Crippen LogP contribution in [0.3, 0.4) is 0 Å². The van der Waals surface area contributed by atoms with Gasteiger partial charge < -0.3 is 5.11 Å². The molecule has 0 unspecified atom stereocenters. The molecular formula is C14H15NO. The summed E-state index contributed by atoms with van der Waals surface area (Å²) in [5, 5.41) is 17.9. The average molecular weight is 213 g/mol. The summed E-state index contributed by atoms with van der Waals surface area (Å²) in [5.74, 6) is 0.262. The molecule has 0 aliphatic heterocycles. The monoisotopic (exact) mass is 213 g/mol. The van der Waals surface area contributed by atoms with E-state index in [9.17, 15) is 0 Å². The highest BCUT2D eigenvalue weighted by Crippen LogP contribution is 2.17. The van der Waals surface area contributed by atoms with Crippen molar-refractivity contribution in [3.8, 4) is 11.8 Å². The van der Waals surface area contributed by atoms with E-state index in [1.165, 1.54) is 0 Å². The smallest absolute Gasteiger partial charge is 0.115 e. The quantitative estimate of drug-likeness (QED) is 0.615. The predicted molar refractivity (Wildman–Crippen MR) is 65.7 cm³/mol. The Hall–Kier alpha value is -2.01. The van der Waals surface area contributed by atoms with Crippen LogP contribution in [-0.2, 0) is 0 Å². The molecule has 0 radical (unpaired) electrons. The van der Waals surface area contributed by atoms with Crippen LogP contribution in [0.4, 0.5) is 0 Å². The van der Waals surface area contributed by atoms with Crippen LogP contribution < -0.4 is 0 Å². The second-order valence-corrected chi connectivity index (χ2v) is 3.55. The van der Waals surface area contributed by atoms with Gasteiger partial charge in [0.1, 0.15) is 5.75 Å². The molecule has 0 saturated carbocycles. The molecule has 2 nitrogen and oxygen atoms in total. The molecule has 0 saturated heterocycles. The molecule has 0 aromatic heterocycles. The molecule has 0 amide bonds. The Kier molecular flexibility index (Phi) is 4.35. The lowest BCUT2D eigenvalue weighted by Gasteiger charge is -2.00. The first kappa shape index (κ1) is 12.1. The fourth-order valence-corrected chi connectivity index (χ4v) is 1.28.